The van der Waals surface area contributed by atoms with Gasteiger partial charge in [0.05, 0.1) is 10.8 Å². The molecule has 2 aromatic rings. The molecular formula is C19H17N3O6. The van der Waals surface area contributed by atoms with Gasteiger partial charge in [-0.25, -0.2) is 0 Å². The number of benzene rings is 2. The summed E-state index contributed by atoms with van der Waals surface area (Å²) >= 11 is 0. The fourth-order valence-electron chi connectivity index (χ4n) is 3.27. The van der Waals surface area contributed by atoms with Gasteiger partial charge in [0.15, 0.2) is 11.5 Å². The third-order valence-electron chi connectivity index (χ3n) is 4.66. The Morgan fingerprint density at radius 3 is 2.71 bits per heavy atom. The first-order chi connectivity index (χ1) is 13.5. The van der Waals surface area contributed by atoms with Crippen LogP contribution in [-0.2, 0) is 9.59 Å². The molecule has 0 aliphatic carbocycles. The van der Waals surface area contributed by atoms with Crippen molar-refractivity contribution < 1.29 is 24.0 Å². The number of non-ortho nitro benzene ring substituents is 1. The largest absolute Gasteiger partial charge is 0.486 e. The van der Waals surface area contributed by atoms with Crippen LogP contribution in [0, 0.1) is 16.0 Å². The Morgan fingerprint density at radius 2 is 1.93 bits per heavy atom. The lowest BCUT2D eigenvalue weighted by atomic mass is 10.1. The lowest BCUT2D eigenvalue weighted by molar-refractivity contribution is -0.384. The molecule has 0 unspecified atom stereocenters. The second-order valence-corrected chi connectivity index (χ2v) is 6.53. The minimum atomic E-state index is -0.556. The molecule has 2 heterocycles. The lowest BCUT2D eigenvalue weighted by Crippen LogP contribution is -2.28. The van der Waals surface area contributed by atoms with Crippen LogP contribution in [0.4, 0.5) is 17.1 Å². The third-order valence-corrected chi connectivity index (χ3v) is 4.66. The number of anilines is 2. The summed E-state index contributed by atoms with van der Waals surface area (Å²) in [5, 5.41) is 13.5. The molecule has 2 aliphatic heterocycles. The molecule has 0 saturated carbocycles. The number of hydrogen-bond acceptors (Lipinski definition) is 6. The minimum Gasteiger partial charge on any atom is -0.486 e. The molecule has 9 heteroatoms. The number of ether oxygens (including phenoxy) is 2. The zero-order chi connectivity index (χ0) is 19.7. The number of fused-ring (bicyclic) bond motifs is 1. The maximum atomic E-state index is 12.5. The number of nitrogens with one attached hydrogen (secondary N) is 1. The highest BCUT2D eigenvalue weighted by molar-refractivity contribution is 6.03. The molecule has 1 fully saturated rings. The maximum absolute atomic E-state index is 12.5. The number of carbonyl (C=O) groups is 2. The van der Waals surface area contributed by atoms with E-state index in [4.69, 9.17) is 9.47 Å². The van der Waals surface area contributed by atoms with Crippen molar-refractivity contribution in [3.63, 3.8) is 0 Å². The topological polar surface area (TPSA) is 111 Å². The van der Waals surface area contributed by atoms with E-state index in [0.717, 1.165) is 0 Å². The fraction of sp³-hybridized carbons (Fsp3) is 0.263. The molecule has 2 aromatic carbocycles. The fourth-order valence-corrected chi connectivity index (χ4v) is 3.27. The normalized spacial score (nSPS) is 18.1. The molecule has 2 aliphatic rings. The summed E-state index contributed by atoms with van der Waals surface area (Å²) in [4.78, 5) is 36.9. The number of rotatable bonds is 4. The predicted molar refractivity (Wildman–Crippen MR) is 99.6 cm³/mol. The molecule has 0 bridgehead atoms. The highest BCUT2D eigenvalue weighted by Crippen LogP contribution is 2.36. The van der Waals surface area contributed by atoms with E-state index in [1.807, 2.05) is 0 Å². The highest BCUT2D eigenvalue weighted by atomic mass is 16.6. The van der Waals surface area contributed by atoms with Gasteiger partial charge in [-0.1, -0.05) is 6.07 Å². The van der Waals surface area contributed by atoms with Crippen LogP contribution in [-0.4, -0.2) is 36.5 Å². The molecule has 0 spiro atoms. The van der Waals surface area contributed by atoms with E-state index < -0.39 is 10.8 Å². The Bertz CT molecular complexity index is 960. The first kappa shape index (κ1) is 17.8. The van der Waals surface area contributed by atoms with E-state index in [1.165, 1.54) is 23.1 Å². The quantitative estimate of drug-likeness (QED) is 0.641. The number of carbonyl (C=O) groups excluding carboxylic acids is 2. The Kier molecular flexibility index (Phi) is 4.56. The van der Waals surface area contributed by atoms with Crippen molar-refractivity contribution in [3.05, 3.63) is 52.6 Å². The summed E-state index contributed by atoms with van der Waals surface area (Å²) in [6, 6.07) is 10.9. The summed E-state index contributed by atoms with van der Waals surface area (Å²) in [6.07, 6.45) is 0.0647. The van der Waals surface area contributed by atoms with Crippen LogP contribution in [0.2, 0.25) is 0 Å². The van der Waals surface area contributed by atoms with E-state index in [2.05, 4.69) is 5.32 Å². The van der Waals surface area contributed by atoms with Crippen LogP contribution in [0.5, 0.6) is 11.5 Å². The summed E-state index contributed by atoms with van der Waals surface area (Å²) in [7, 11) is 0. The van der Waals surface area contributed by atoms with Crippen molar-refractivity contribution in [1.29, 1.82) is 0 Å². The maximum Gasteiger partial charge on any atom is 0.271 e. The number of amides is 2. The van der Waals surface area contributed by atoms with E-state index >= 15 is 0 Å². The molecule has 0 radical (unpaired) electrons. The number of nitro benzene ring substituents is 1. The molecule has 28 heavy (non-hydrogen) atoms. The van der Waals surface area contributed by atoms with Crippen LogP contribution in [0.25, 0.3) is 0 Å². The average Bonchev–Trinajstić information content (AvgIpc) is 3.09. The smallest absolute Gasteiger partial charge is 0.271 e. The number of nitro groups is 1. The van der Waals surface area contributed by atoms with Crippen LogP contribution in [0.15, 0.2) is 42.5 Å². The molecule has 9 nitrogen and oxygen atoms in total. The summed E-state index contributed by atoms with van der Waals surface area (Å²) in [5.74, 6) is 0.118. The van der Waals surface area contributed by atoms with Crippen molar-refractivity contribution in [2.24, 2.45) is 5.92 Å². The molecule has 1 N–H and O–H groups in total. The lowest BCUT2D eigenvalue weighted by Gasteiger charge is -2.22. The van der Waals surface area contributed by atoms with Gasteiger partial charge in [0.2, 0.25) is 11.8 Å². The van der Waals surface area contributed by atoms with Gasteiger partial charge in [0.1, 0.15) is 13.2 Å². The van der Waals surface area contributed by atoms with Crippen molar-refractivity contribution >= 4 is 28.9 Å². The van der Waals surface area contributed by atoms with E-state index in [9.17, 15) is 19.7 Å². The van der Waals surface area contributed by atoms with Crippen molar-refractivity contribution in [2.75, 3.05) is 30.0 Å². The minimum absolute atomic E-state index is 0.0647. The van der Waals surface area contributed by atoms with Crippen molar-refractivity contribution in [1.82, 2.24) is 0 Å². The zero-order valence-corrected chi connectivity index (χ0v) is 14.8. The number of nitrogens with zero attached hydrogens (tertiary/aromatic N) is 2. The van der Waals surface area contributed by atoms with Gasteiger partial charge in [-0.05, 0) is 18.2 Å². The zero-order valence-electron chi connectivity index (χ0n) is 14.8. The molecule has 4 rings (SSSR count). The van der Waals surface area contributed by atoms with Crippen molar-refractivity contribution in [2.45, 2.75) is 6.42 Å². The first-order valence-corrected chi connectivity index (χ1v) is 8.76. The third kappa shape index (κ3) is 3.46. The van der Waals surface area contributed by atoms with Crippen LogP contribution in [0.1, 0.15) is 6.42 Å². The van der Waals surface area contributed by atoms with E-state index in [-0.39, 0.29) is 30.5 Å². The predicted octanol–water partition coefficient (Wildman–Crippen LogP) is 2.36. The second-order valence-electron chi connectivity index (χ2n) is 6.53. The Morgan fingerprint density at radius 1 is 1.14 bits per heavy atom. The van der Waals surface area contributed by atoms with E-state index in [0.29, 0.717) is 36.1 Å². The van der Waals surface area contributed by atoms with E-state index in [1.54, 1.807) is 24.3 Å². The number of hydrogen-bond donors (Lipinski definition) is 1. The first-order valence-electron chi connectivity index (χ1n) is 8.76. The Balaban J connectivity index is 1.46. The van der Waals surface area contributed by atoms with Crippen LogP contribution in [0.3, 0.4) is 0 Å². The molecule has 2 amide bonds. The second kappa shape index (κ2) is 7.18. The highest BCUT2D eigenvalue weighted by Gasteiger charge is 2.35. The van der Waals surface area contributed by atoms with Gasteiger partial charge in [0, 0.05) is 42.5 Å². The molecular weight excluding hydrogens is 366 g/mol. The summed E-state index contributed by atoms with van der Waals surface area (Å²) < 4.78 is 11.0. The van der Waals surface area contributed by atoms with Gasteiger partial charge >= 0.3 is 0 Å². The van der Waals surface area contributed by atoms with Gasteiger partial charge in [-0.2, -0.15) is 0 Å². The van der Waals surface area contributed by atoms with Crippen LogP contribution >= 0.6 is 0 Å². The Hall–Kier alpha value is -3.62. The molecule has 1 saturated heterocycles. The molecule has 0 aromatic heterocycles. The SMILES string of the molecule is O=C(Nc1cccc([N+](=O)[O-])c1)[C@@H]1CC(=O)N(c2ccc3c(c2)OCCO3)C1. The van der Waals surface area contributed by atoms with Gasteiger partial charge in [-0.3, -0.25) is 19.7 Å². The summed E-state index contributed by atoms with van der Waals surface area (Å²) in [6.45, 7) is 1.15. The molecule has 144 valence electrons. The van der Waals surface area contributed by atoms with Crippen LogP contribution < -0.4 is 19.7 Å². The summed E-state index contributed by atoms with van der Waals surface area (Å²) in [5.41, 5.74) is 0.850. The standard InChI is InChI=1S/C19H17N3O6/c23-18-8-12(19(24)20-13-2-1-3-15(9-13)22(25)26)11-21(18)14-4-5-16-17(10-14)28-7-6-27-16/h1-5,9-10,12H,6-8,11H2,(H,20,24)/t12-/m1/s1. The molecule has 1 atom stereocenters. The Labute approximate surface area is 160 Å². The van der Waals surface area contributed by atoms with Gasteiger partial charge in [0.25, 0.3) is 5.69 Å². The van der Waals surface area contributed by atoms with Gasteiger partial charge in [-0.15, -0.1) is 0 Å². The van der Waals surface area contributed by atoms with Crippen molar-refractivity contribution in [3.8, 4) is 11.5 Å². The monoisotopic (exact) mass is 383 g/mol. The average molecular weight is 383 g/mol. The van der Waals surface area contributed by atoms with Gasteiger partial charge < -0.3 is 19.7 Å².